The van der Waals surface area contributed by atoms with Crippen LogP contribution in [0.2, 0.25) is 0 Å². The number of para-hydroxylation sites is 1. The number of anilines is 1. The van der Waals surface area contributed by atoms with E-state index < -0.39 is 21.5 Å². The van der Waals surface area contributed by atoms with Gasteiger partial charge in [-0.1, -0.05) is 71.9 Å². The Labute approximate surface area is 213 Å². The molecule has 2 aromatic carbocycles. The lowest BCUT2D eigenvalue weighted by molar-refractivity contribution is -0.132. The Bertz CT molecular complexity index is 1400. The first-order valence-electron chi connectivity index (χ1n) is 11.8. The molecule has 8 heteroatoms. The number of fused-ring (bicyclic) bond motifs is 1. The van der Waals surface area contributed by atoms with Gasteiger partial charge in [-0.2, -0.15) is 0 Å². The smallest absolute Gasteiger partial charge is 0.268 e. The van der Waals surface area contributed by atoms with Crippen molar-refractivity contribution in [2.24, 2.45) is 5.14 Å². The van der Waals surface area contributed by atoms with Gasteiger partial charge in [-0.25, -0.2) is 13.6 Å². The first-order chi connectivity index (χ1) is 16.5. The Morgan fingerprint density at radius 2 is 1.44 bits per heavy atom. The SMILES string of the molecule is CC(C)(C)c1cc(CN2C(=O)C(O)(c3ccc(S(N)(=O)=O)cc3)c3ccccc32)cc(C(C)(C)C)n1. The van der Waals surface area contributed by atoms with Crippen LogP contribution in [0.5, 0.6) is 0 Å². The molecule has 0 bridgehead atoms. The number of sulfonamides is 1. The first-order valence-corrected chi connectivity index (χ1v) is 13.4. The number of rotatable bonds is 4. The molecule has 0 radical (unpaired) electrons. The summed E-state index contributed by atoms with van der Waals surface area (Å²) >= 11 is 0. The van der Waals surface area contributed by atoms with Crippen LogP contribution in [0.4, 0.5) is 5.69 Å². The van der Waals surface area contributed by atoms with Crippen molar-refractivity contribution >= 4 is 21.6 Å². The lowest BCUT2D eigenvalue weighted by Crippen LogP contribution is -2.41. The molecule has 190 valence electrons. The van der Waals surface area contributed by atoms with Crippen molar-refractivity contribution in [2.75, 3.05) is 4.90 Å². The Kier molecular flexibility index (Phi) is 6.14. The second kappa shape index (κ2) is 8.50. The summed E-state index contributed by atoms with van der Waals surface area (Å²) < 4.78 is 23.4. The van der Waals surface area contributed by atoms with Crippen molar-refractivity contribution in [3.8, 4) is 0 Å². The fourth-order valence-corrected chi connectivity index (χ4v) is 4.90. The van der Waals surface area contributed by atoms with E-state index >= 15 is 0 Å². The summed E-state index contributed by atoms with van der Waals surface area (Å²) in [5.41, 5.74) is 1.76. The molecular formula is C28H33N3O4S. The molecule has 0 saturated heterocycles. The first kappa shape index (κ1) is 26.0. The number of pyridine rings is 1. The van der Waals surface area contributed by atoms with E-state index in [9.17, 15) is 18.3 Å². The number of carbonyl (C=O) groups excluding carboxylic acids is 1. The highest BCUT2D eigenvalue weighted by Gasteiger charge is 2.51. The molecule has 1 aliphatic rings. The van der Waals surface area contributed by atoms with E-state index in [2.05, 4.69) is 41.5 Å². The van der Waals surface area contributed by atoms with E-state index in [1.807, 2.05) is 18.2 Å². The van der Waals surface area contributed by atoms with Gasteiger partial charge in [0.2, 0.25) is 10.0 Å². The van der Waals surface area contributed by atoms with Gasteiger partial charge >= 0.3 is 0 Å². The zero-order valence-corrected chi connectivity index (χ0v) is 22.3. The molecule has 1 aromatic heterocycles. The van der Waals surface area contributed by atoms with Gasteiger partial charge in [0.05, 0.1) is 17.1 Å². The molecule has 0 spiro atoms. The molecule has 2 heterocycles. The largest absolute Gasteiger partial charge is 0.372 e. The quantitative estimate of drug-likeness (QED) is 0.552. The number of aliphatic hydroxyl groups is 1. The average Bonchev–Trinajstić information content (AvgIpc) is 3.00. The molecule has 1 unspecified atom stereocenters. The van der Waals surface area contributed by atoms with Gasteiger partial charge in [0.25, 0.3) is 5.91 Å². The van der Waals surface area contributed by atoms with Crippen molar-refractivity contribution in [1.29, 1.82) is 0 Å². The van der Waals surface area contributed by atoms with Crippen LogP contribution in [0.25, 0.3) is 0 Å². The van der Waals surface area contributed by atoms with Gasteiger partial charge in [-0.05, 0) is 41.5 Å². The Hall–Kier alpha value is -3.07. The maximum atomic E-state index is 13.9. The van der Waals surface area contributed by atoms with Crippen molar-refractivity contribution in [1.82, 2.24) is 4.98 Å². The molecule has 0 fully saturated rings. The summed E-state index contributed by atoms with van der Waals surface area (Å²) in [5.74, 6) is -0.501. The summed E-state index contributed by atoms with van der Waals surface area (Å²) in [4.78, 5) is 20.2. The highest BCUT2D eigenvalue weighted by Crippen LogP contribution is 2.45. The van der Waals surface area contributed by atoms with Crippen LogP contribution in [-0.4, -0.2) is 24.4 Å². The second-order valence-corrected chi connectivity index (χ2v) is 13.0. The minimum absolute atomic E-state index is 0.0911. The Balaban J connectivity index is 1.81. The fourth-order valence-electron chi connectivity index (χ4n) is 4.39. The van der Waals surface area contributed by atoms with Gasteiger partial charge in [0.1, 0.15) is 0 Å². The summed E-state index contributed by atoms with van der Waals surface area (Å²) in [7, 11) is -3.90. The minimum Gasteiger partial charge on any atom is -0.372 e. The highest BCUT2D eigenvalue weighted by atomic mass is 32.2. The number of amides is 1. The highest BCUT2D eigenvalue weighted by molar-refractivity contribution is 7.89. The van der Waals surface area contributed by atoms with Crippen molar-refractivity contribution in [3.05, 3.63) is 88.7 Å². The van der Waals surface area contributed by atoms with Crippen LogP contribution in [0.1, 0.15) is 69.6 Å². The number of hydrogen-bond acceptors (Lipinski definition) is 5. The van der Waals surface area contributed by atoms with Crippen LogP contribution in [0.3, 0.4) is 0 Å². The molecule has 1 atom stereocenters. The maximum Gasteiger partial charge on any atom is 0.268 e. The van der Waals surface area contributed by atoms with E-state index in [-0.39, 0.29) is 27.8 Å². The molecule has 3 N–H and O–H groups in total. The number of benzene rings is 2. The molecule has 4 rings (SSSR count). The summed E-state index contributed by atoms with van der Waals surface area (Å²) in [6.45, 7) is 12.9. The number of nitrogens with zero attached hydrogens (tertiary/aromatic N) is 2. The monoisotopic (exact) mass is 507 g/mol. The molecular weight excluding hydrogens is 474 g/mol. The predicted molar refractivity (Wildman–Crippen MR) is 140 cm³/mol. The minimum atomic E-state index is -3.90. The number of aromatic nitrogens is 1. The van der Waals surface area contributed by atoms with Crippen LogP contribution >= 0.6 is 0 Å². The third-order valence-electron chi connectivity index (χ3n) is 6.50. The molecule has 1 aliphatic heterocycles. The predicted octanol–water partition coefficient (Wildman–Crippen LogP) is 4.11. The Morgan fingerprint density at radius 3 is 1.94 bits per heavy atom. The third-order valence-corrected chi connectivity index (χ3v) is 7.43. The van der Waals surface area contributed by atoms with Crippen LogP contribution in [0, 0.1) is 0 Å². The topological polar surface area (TPSA) is 114 Å². The van der Waals surface area contributed by atoms with Crippen LogP contribution in [0.15, 0.2) is 65.6 Å². The standard InChI is InChI=1S/C28H33N3O4S/c1-26(2,3)23-15-18(16-24(30-23)27(4,5)6)17-31-22-10-8-7-9-21(22)28(33,25(31)32)19-11-13-20(14-12-19)36(29,34)35/h7-16,33H,17H2,1-6H3,(H2,29,34,35). The van der Waals surface area contributed by atoms with Crippen LogP contribution in [-0.2, 0) is 37.8 Å². The lowest BCUT2D eigenvalue weighted by atomic mass is 9.86. The summed E-state index contributed by atoms with van der Waals surface area (Å²) in [6, 6.07) is 16.6. The van der Waals surface area contributed by atoms with E-state index in [1.54, 1.807) is 23.1 Å². The fraction of sp³-hybridized carbons (Fsp3) is 0.357. The third kappa shape index (κ3) is 4.56. The van der Waals surface area contributed by atoms with Gasteiger partial charge in [0, 0.05) is 27.8 Å². The van der Waals surface area contributed by atoms with E-state index in [1.165, 1.54) is 24.3 Å². The molecule has 0 saturated carbocycles. The number of nitrogens with two attached hydrogens (primary N) is 1. The van der Waals surface area contributed by atoms with E-state index in [0.29, 0.717) is 11.3 Å². The Morgan fingerprint density at radius 1 is 0.917 bits per heavy atom. The maximum absolute atomic E-state index is 13.9. The molecule has 36 heavy (non-hydrogen) atoms. The zero-order chi connectivity index (χ0) is 26.7. The van der Waals surface area contributed by atoms with Gasteiger partial charge in [-0.3, -0.25) is 9.78 Å². The van der Waals surface area contributed by atoms with Crippen molar-refractivity contribution < 1.29 is 18.3 Å². The normalized spacial score (nSPS) is 18.4. The van der Waals surface area contributed by atoms with Crippen LogP contribution < -0.4 is 10.0 Å². The number of carbonyl (C=O) groups is 1. The molecule has 7 nitrogen and oxygen atoms in total. The van der Waals surface area contributed by atoms with E-state index in [4.69, 9.17) is 10.1 Å². The summed E-state index contributed by atoms with van der Waals surface area (Å²) in [5, 5.41) is 17.0. The number of primary sulfonamides is 1. The lowest BCUT2D eigenvalue weighted by Gasteiger charge is -2.27. The number of hydrogen-bond donors (Lipinski definition) is 2. The van der Waals surface area contributed by atoms with Gasteiger partial charge in [-0.15, -0.1) is 0 Å². The molecule has 0 aliphatic carbocycles. The van der Waals surface area contributed by atoms with Crippen molar-refractivity contribution in [3.63, 3.8) is 0 Å². The van der Waals surface area contributed by atoms with Gasteiger partial charge < -0.3 is 10.0 Å². The second-order valence-electron chi connectivity index (χ2n) is 11.4. The molecule has 1 amide bonds. The summed E-state index contributed by atoms with van der Waals surface area (Å²) in [6.07, 6.45) is 0. The average molecular weight is 508 g/mol. The van der Waals surface area contributed by atoms with E-state index in [0.717, 1.165) is 17.0 Å². The van der Waals surface area contributed by atoms with Crippen molar-refractivity contribution in [2.45, 2.75) is 69.4 Å². The van der Waals surface area contributed by atoms with Gasteiger partial charge in [0.15, 0.2) is 5.60 Å². The molecule has 3 aromatic rings. The zero-order valence-electron chi connectivity index (χ0n) is 21.5.